The molecule has 3 rings (SSSR count). The van der Waals surface area contributed by atoms with Crippen molar-refractivity contribution in [2.75, 3.05) is 13.1 Å². The van der Waals surface area contributed by atoms with Gasteiger partial charge in [-0.15, -0.1) is 0 Å². The highest BCUT2D eigenvalue weighted by Gasteiger charge is 2.15. The average Bonchev–Trinajstić information content (AvgIpc) is 2.73. The third-order valence-electron chi connectivity index (χ3n) is 4.29. The van der Waals surface area contributed by atoms with Crippen molar-refractivity contribution < 1.29 is 0 Å². The van der Waals surface area contributed by atoms with E-state index in [0.29, 0.717) is 0 Å². The van der Waals surface area contributed by atoms with Gasteiger partial charge in [-0.3, -0.25) is 0 Å². The summed E-state index contributed by atoms with van der Waals surface area (Å²) >= 11 is 0. The van der Waals surface area contributed by atoms with Crippen LogP contribution in [0.2, 0.25) is 0 Å². The van der Waals surface area contributed by atoms with Crippen molar-refractivity contribution >= 4 is 10.9 Å². The SMILES string of the molecule is Cc1[nH]c2ccccc2c1CCC1CCNCC1. The molecule has 2 heteroatoms. The number of para-hydroxylation sites is 1. The zero-order chi connectivity index (χ0) is 12.4. The van der Waals surface area contributed by atoms with Crippen LogP contribution in [0.25, 0.3) is 10.9 Å². The molecule has 1 aliphatic heterocycles. The molecule has 96 valence electrons. The second kappa shape index (κ2) is 5.15. The lowest BCUT2D eigenvalue weighted by atomic mass is 9.91. The van der Waals surface area contributed by atoms with E-state index in [1.54, 1.807) is 0 Å². The van der Waals surface area contributed by atoms with Crippen LogP contribution in [0.4, 0.5) is 0 Å². The molecule has 1 fully saturated rings. The first-order chi connectivity index (χ1) is 8.84. The van der Waals surface area contributed by atoms with E-state index >= 15 is 0 Å². The van der Waals surface area contributed by atoms with Crippen LogP contribution in [-0.4, -0.2) is 18.1 Å². The fraction of sp³-hybridized carbons (Fsp3) is 0.500. The molecule has 1 aromatic carbocycles. The van der Waals surface area contributed by atoms with E-state index in [4.69, 9.17) is 0 Å². The van der Waals surface area contributed by atoms with Gasteiger partial charge in [0.15, 0.2) is 0 Å². The predicted octanol–water partition coefficient (Wildman–Crippen LogP) is 3.41. The summed E-state index contributed by atoms with van der Waals surface area (Å²) in [6.07, 6.45) is 5.26. The number of H-pyrrole nitrogens is 1. The summed E-state index contributed by atoms with van der Waals surface area (Å²) in [6.45, 7) is 4.62. The summed E-state index contributed by atoms with van der Waals surface area (Å²) in [7, 11) is 0. The maximum absolute atomic E-state index is 3.50. The third kappa shape index (κ3) is 2.30. The Morgan fingerprint density at radius 1 is 1.17 bits per heavy atom. The second-order valence-electron chi connectivity index (χ2n) is 5.51. The zero-order valence-electron chi connectivity index (χ0n) is 11.1. The highest BCUT2D eigenvalue weighted by molar-refractivity contribution is 5.84. The van der Waals surface area contributed by atoms with E-state index in [1.165, 1.54) is 60.9 Å². The van der Waals surface area contributed by atoms with Gasteiger partial charge in [0.1, 0.15) is 0 Å². The molecule has 2 nitrogen and oxygen atoms in total. The van der Waals surface area contributed by atoms with Crippen molar-refractivity contribution in [1.29, 1.82) is 0 Å². The van der Waals surface area contributed by atoms with Crippen molar-refractivity contribution in [2.24, 2.45) is 5.92 Å². The van der Waals surface area contributed by atoms with E-state index < -0.39 is 0 Å². The first-order valence-electron chi connectivity index (χ1n) is 7.11. The van der Waals surface area contributed by atoms with Crippen LogP contribution in [-0.2, 0) is 6.42 Å². The molecule has 0 spiro atoms. The van der Waals surface area contributed by atoms with Gasteiger partial charge in [-0.05, 0) is 63.2 Å². The standard InChI is InChI=1S/C16H22N2/c1-12-14(7-6-13-8-10-17-11-9-13)15-4-2-3-5-16(15)18-12/h2-5,13,17-18H,6-11H2,1H3. The molecule has 0 amide bonds. The van der Waals surface area contributed by atoms with Crippen molar-refractivity contribution in [3.8, 4) is 0 Å². The minimum absolute atomic E-state index is 0.916. The molecule has 2 aromatic rings. The van der Waals surface area contributed by atoms with Crippen molar-refractivity contribution in [3.63, 3.8) is 0 Å². The molecular weight excluding hydrogens is 220 g/mol. The Hall–Kier alpha value is -1.28. The van der Waals surface area contributed by atoms with Crippen LogP contribution >= 0.6 is 0 Å². The van der Waals surface area contributed by atoms with Gasteiger partial charge < -0.3 is 10.3 Å². The minimum Gasteiger partial charge on any atom is -0.358 e. The van der Waals surface area contributed by atoms with Gasteiger partial charge in [0.2, 0.25) is 0 Å². The number of nitrogens with one attached hydrogen (secondary N) is 2. The first-order valence-corrected chi connectivity index (χ1v) is 7.11. The molecular formula is C16H22N2. The Balaban J connectivity index is 1.75. The molecule has 1 aromatic heterocycles. The molecule has 0 bridgehead atoms. The topological polar surface area (TPSA) is 27.8 Å². The van der Waals surface area contributed by atoms with Crippen molar-refractivity contribution in [2.45, 2.75) is 32.6 Å². The maximum atomic E-state index is 3.50. The number of fused-ring (bicyclic) bond motifs is 1. The molecule has 18 heavy (non-hydrogen) atoms. The lowest BCUT2D eigenvalue weighted by Gasteiger charge is -2.22. The predicted molar refractivity (Wildman–Crippen MR) is 77.0 cm³/mol. The monoisotopic (exact) mass is 242 g/mol. The maximum Gasteiger partial charge on any atom is 0.0458 e. The number of hydrogen-bond acceptors (Lipinski definition) is 1. The van der Waals surface area contributed by atoms with Crippen LogP contribution in [0.15, 0.2) is 24.3 Å². The minimum atomic E-state index is 0.916. The van der Waals surface area contributed by atoms with Crippen LogP contribution in [0.3, 0.4) is 0 Å². The number of aromatic nitrogens is 1. The molecule has 0 radical (unpaired) electrons. The highest BCUT2D eigenvalue weighted by atomic mass is 14.9. The molecule has 0 unspecified atom stereocenters. The first kappa shape index (κ1) is 11.8. The number of hydrogen-bond donors (Lipinski definition) is 2. The average molecular weight is 242 g/mol. The van der Waals surface area contributed by atoms with Crippen LogP contribution < -0.4 is 5.32 Å². The summed E-state index contributed by atoms with van der Waals surface area (Å²) in [5.74, 6) is 0.916. The van der Waals surface area contributed by atoms with Crippen molar-refractivity contribution in [3.05, 3.63) is 35.5 Å². The third-order valence-corrected chi connectivity index (χ3v) is 4.29. The van der Waals surface area contributed by atoms with E-state index in [-0.39, 0.29) is 0 Å². The van der Waals surface area contributed by atoms with Crippen LogP contribution in [0.5, 0.6) is 0 Å². The van der Waals surface area contributed by atoms with Gasteiger partial charge >= 0.3 is 0 Å². The van der Waals surface area contributed by atoms with Gasteiger partial charge in [0.05, 0.1) is 0 Å². The Morgan fingerprint density at radius 3 is 2.78 bits per heavy atom. The van der Waals surface area contributed by atoms with Crippen LogP contribution in [0, 0.1) is 12.8 Å². The lowest BCUT2D eigenvalue weighted by Crippen LogP contribution is -2.27. The smallest absolute Gasteiger partial charge is 0.0458 e. The molecule has 2 heterocycles. The summed E-state index contributed by atoms with van der Waals surface area (Å²) in [5, 5.41) is 4.86. The lowest BCUT2D eigenvalue weighted by molar-refractivity contribution is 0.354. The van der Waals surface area contributed by atoms with Gasteiger partial charge in [0, 0.05) is 16.6 Å². The summed E-state index contributed by atoms with van der Waals surface area (Å²) in [4.78, 5) is 3.50. The summed E-state index contributed by atoms with van der Waals surface area (Å²) < 4.78 is 0. The Kier molecular flexibility index (Phi) is 3.37. The number of aromatic amines is 1. The van der Waals surface area contributed by atoms with E-state index in [1.807, 2.05) is 0 Å². The number of aryl methyl sites for hydroxylation is 2. The fourth-order valence-corrected chi connectivity index (χ4v) is 3.18. The van der Waals surface area contributed by atoms with Crippen LogP contribution in [0.1, 0.15) is 30.5 Å². The number of benzene rings is 1. The quantitative estimate of drug-likeness (QED) is 0.848. The van der Waals surface area contributed by atoms with Gasteiger partial charge in [-0.1, -0.05) is 18.2 Å². The molecule has 0 atom stereocenters. The van der Waals surface area contributed by atoms with Crippen molar-refractivity contribution in [1.82, 2.24) is 10.3 Å². The van der Waals surface area contributed by atoms with E-state index in [9.17, 15) is 0 Å². The highest BCUT2D eigenvalue weighted by Crippen LogP contribution is 2.26. The zero-order valence-corrected chi connectivity index (χ0v) is 11.1. The number of rotatable bonds is 3. The second-order valence-corrected chi connectivity index (χ2v) is 5.51. The normalized spacial score (nSPS) is 17.4. The molecule has 1 aliphatic rings. The Morgan fingerprint density at radius 2 is 1.94 bits per heavy atom. The molecule has 2 N–H and O–H groups in total. The Labute approximate surface area is 109 Å². The fourth-order valence-electron chi connectivity index (χ4n) is 3.18. The van der Waals surface area contributed by atoms with E-state index in [0.717, 1.165) is 5.92 Å². The molecule has 0 saturated carbocycles. The van der Waals surface area contributed by atoms with E-state index in [2.05, 4.69) is 41.5 Å². The summed E-state index contributed by atoms with van der Waals surface area (Å²) in [6, 6.07) is 8.67. The largest absolute Gasteiger partial charge is 0.358 e. The van der Waals surface area contributed by atoms with Gasteiger partial charge in [-0.25, -0.2) is 0 Å². The van der Waals surface area contributed by atoms with Gasteiger partial charge in [0.25, 0.3) is 0 Å². The summed E-state index contributed by atoms with van der Waals surface area (Å²) in [5.41, 5.74) is 4.17. The molecule has 0 aliphatic carbocycles. The molecule has 1 saturated heterocycles. The number of piperidine rings is 1. The Bertz CT molecular complexity index is 521. The van der Waals surface area contributed by atoms with Gasteiger partial charge in [-0.2, -0.15) is 0 Å².